The van der Waals surface area contributed by atoms with Crippen LogP contribution in [0.4, 0.5) is 11.4 Å². The molecule has 0 spiro atoms. The molecule has 0 amide bonds. The Morgan fingerprint density at radius 1 is 1.12 bits per heavy atom. The number of nitrogen functional groups attached to an aromatic ring is 1. The summed E-state index contributed by atoms with van der Waals surface area (Å²) in [5.74, 6) is -3.07. The van der Waals surface area contributed by atoms with Crippen molar-refractivity contribution in [2.45, 2.75) is 12.1 Å². The Kier molecular flexibility index (Phi) is 3.89. The van der Waals surface area contributed by atoms with Crippen LogP contribution in [0, 0.1) is 0 Å². The van der Waals surface area contributed by atoms with E-state index in [0.717, 1.165) is 0 Å². The molecule has 1 aromatic carbocycles. The SMILES string of the molecule is Nc1ccc(NC(C(=O)O)C(O)C(=O)O)cc1. The second-order valence-corrected chi connectivity index (χ2v) is 3.37. The van der Waals surface area contributed by atoms with Gasteiger partial charge < -0.3 is 26.4 Å². The first-order valence-corrected chi connectivity index (χ1v) is 4.67. The topological polar surface area (TPSA) is 133 Å². The number of anilines is 2. The highest BCUT2D eigenvalue weighted by Crippen LogP contribution is 2.13. The molecule has 0 aliphatic heterocycles. The third-order valence-corrected chi connectivity index (χ3v) is 2.07. The van der Waals surface area contributed by atoms with E-state index < -0.39 is 24.1 Å². The summed E-state index contributed by atoms with van der Waals surface area (Å²) >= 11 is 0. The molecule has 2 atom stereocenters. The van der Waals surface area contributed by atoms with E-state index >= 15 is 0 Å². The summed E-state index contributed by atoms with van der Waals surface area (Å²) in [5.41, 5.74) is 6.28. The molecule has 7 heteroatoms. The second-order valence-electron chi connectivity index (χ2n) is 3.37. The number of carboxylic acids is 2. The first-order chi connectivity index (χ1) is 7.91. The number of rotatable bonds is 5. The van der Waals surface area contributed by atoms with Crippen LogP contribution in [-0.4, -0.2) is 39.4 Å². The van der Waals surface area contributed by atoms with Gasteiger partial charge in [-0.2, -0.15) is 0 Å². The van der Waals surface area contributed by atoms with Crippen LogP contribution in [0.1, 0.15) is 0 Å². The number of carbonyl (C=O) groups is 2. The zero-order valence-electron chi connectivity index (χ0n) is 8.70. The first-order valence-electron chi connectivity index (χ1n) is 4.67. The van der Waals surface area contributed by atoms with Gasteiger partial charge in [-0.25, -0.2) is 9.59 Å². The number of nitrogens with one attached hydrogen (secondary N) is 1. The van der Waals surface area contributed by atoms with Crippen molar-refractivity contribution >= 4 is 23.3 Å². The maximum absolute atomic E-state index is 10.8. The molecule has 0 aromatic heterocycles. The molecule has 0 aliphatic rings. The minimum absolute atomic E-state index is 0.354. The van der Waals surface area contributed by atoms with Gasteiger partial charge in [0.1, 0.15) is 0 Å². The van der Waals surface area contributed by atoms with E-state index in [1.54, 1.807) is 0 Å². The van der Waals surface area contributed by atoms with Gasteiger partial charge in [0, 0.05) is 11.4 Å². The summed E-state index contributed by atoms with van der Waals surface area (Å²) in [6.45, 7) is 0. The van der Waals surface area contributed by atoms with E-state index in [0.29, 0.717) is 11.4 Å². The fraction of sp³-hybridized carbons (Fsp3) is 0.200. The van der Waals surface area contributed by atoms with E-state index in [2.05, 4.69) is 5.32 Å². The average molecular weight is 240 g/mol. The highest BCUT2D eigenvalue weighted by atomic mass is 16.4. The van der Waals surface area contributed by atoms with Crippen LogP contribution in [0.25, 0.3) is 0 Å². The quantitative estimate of drug-likeness (QED) is 0.441. The molecular weight excluding hydrogens is 228 g/mol. The molecule has 7 nitrogen and oxygen atoms in total. The fourth-order valence-corrected chi connectivity index (χ4v) is 1.18. The predicted octanol–water partition coefficient (Wildman–Crippen LogP) is -0.421. The molecule has 0 aliphatic carbocycles. The average Bonchev–Trinajstić information content (AvgIpc) is 2.26. The van der Waals surface area contributed by atoms with E-state index in [4.69, 9.17) is 15.9 Å². The number of benzene rings is 1. The summed E-state index contributed by atoms with van der Waals surface area (Å²) in [7, 11) is 0. The first kappa shape index (κ1) is 12.8. The molecule has 0 radical (unpaired) electrons. The van der Waals surface area contributed by atoms with E-state index in [1.165, 1.54) is 24.3 Å². The highest BCUT2D eigenvalue weighted by Gasteiger charge is 2.31. The van der Waals surface area contributed by atoms with Crippen molar-refractivity contribution < 1.29 is 24.9 Å². The fourth-order valence-electron chi connectivity index (χ4n) is 1.18. The third-order valence-electron chi connectivity index (χ3n) is 2.07. The van der Waals surface area contributed by atoms with Crippen molar-refractivity contribution in [3.63, 3.8) is 0 Å². The van der Waals surface area contributed by atoms with Crippen molar-refractivity contribution in [3.05, 3.63) is 24.3 Å². The third kappa shape index (κ3) is 3.35. The molecule has 6 N–H and O–H groups in total. The van der Waals surface area contributed by atoms with Crippen LogP contribution in [0.15, 0.2) is 24.3 Å². The van der Waals surface area contributed by atoms with Crippen molar-refractivity contribution in [1.29, 1.82) is 0 Å². The molecule has 1 aromatic rings. The zero-order valence-corrected chi connectivity index (χ0v) is 8.70. The Labute approximate surface area is 96.5 Å². The molecule has 0 fully saturated rings. The Hall–Kier alpha value is -2.28. The maximum Gasteiger partial charge on any atom is 0.335 e. The number of hydrogen-bond donors (Lipinski definition) is 5. The summed E-state index contributed by atoms with van der Waals surface area (Å²) < 4.78 is 0. The van der Waals surface area contributed by atoms with Gasteiger partial charge in [-0.05, 0) is 24.3 Å². The van der Waals surface area contributed by atoms with Gasteiger partial charge in [0.15, 0.2) is 12.1 Å². The standard InChI is InChI=1S/C10H12N2O5/c11-5-1-3-6(4-2-5)12-7(9(14)15)8(13)10(16)17/h1-4,7-8,12-13H,11H2,(H,14,15)(H,16,17). The molecular formula is C10H12N2O5. The lowest BCUT2D eigenvalue weighted by Crippen LogP contribution is -2.45. The van der Waals surface area contributed by atoms with Gasteiger partial charge in [-0.3, -0.25) is 0 Å². The van der Waals surface area contributed by atoms with Crippen molar-refractivity contribution in [3.8, 4) is 0 Å². The lowest BCUT2D eigenvalue weighted by molar-refractivity contribution is -0.154. The van der Waals surface area contributed by atoms with Crippen LogP contribution in [0.5, 0.6) is 0 Å². The smallest absolute Gasteiger partial charge is 0.335 e. The molecule has 1 rings (SSSR count). The number of aliphatic hydroxyl groups is 1. The molecule has 92 valence electrons. The number of nitrogens with two attached hydrogens (primary N) is 1. The van der Waals surface area contributed by atoms with Gasteiger partial charge in [0.25, 0.3) is 0 Å². The summed E-state index contributed by atoms with van der Waals surface area (Å²) in [6.07, 6.45) is -2.04. The van der Waals surface area contributed by atoms with Gasteiger partial charge in [-0.15, -0.1) is 0 Å². The monoisotopic (exact) mass is 240 g/mol. The Morgan fingerprint density at radius 3 is 2.06 bits per heavy atom. The van der Waals surface area contributed by atoms with E-state index in [9.17, 15) is 14.7 Å². The summed E-state index contributed by atoms with van der Waals surface area (Å²) in [4.78, 5) is 21.3. The number of aliphatic carboxylic acids is 2. The lowest BCUT2D eigenvalue weighted by atomic mass is 10.1. The largest absolute Gasteiger partial charge is 0.480 e. The van der Waals surface area contributed by atoms with Gasteiger partial charge >= 0.3 is 11.9 Å². The molecule has 0 bridgehead atoms. The van der Waals surface area contributed by atoms with Crippen LogP contribution in [0.3, 0.4) is 0 Å². The second kappa shape index (κ2) is 5.17. The predicted molar refractivity (Wildman–Crippen MR) is 59.5 cm³/mol. The molecule has 0 saturated carbocycles. The zero-order chi connectivity index (χ0) is 13.0. The van der Waals surface area contributed by atoms with Crippen LogP contribution in [0.2, 0.25) is 0 Å². The summed E-state index contributed by atoms with van der Waals surface area (Å²) in [5, 5.41) is 29.0. The van der Waals surface area contributed by atoms with Crippen LogP contribution >= 0.6 is 0 Å². The normalized spacial score (nSPS) is 13.7. The van der Waals surface area contributed by atoms with Gasteiger partial charge in [0.2, 0.25) is 0 Å². The number of carboxylic acid groups (broad SMARTS) is 2. The molecule has 17 heavy (non-hydrogen) atoms. The number of aliphatic hydroxyl groups excluding tert-OH is 1. The van der Waals surface area contributed by atoms with Crippen molar-refractivity contribution in [2.75, 3.05) is 11.1 Å². The van der Waals surface area contributed by atoms with Gasteiger partial charge in [0.05, 0.1) is 0 Å². The maximum atomic E-state index is 10.8. The minimum Gasteiger partial charge on any atom is -0.480 e. The number of hydrogen-bond acceptors (Lipinski definition) is 5. The molecule has 0 saturated heterocycles. The van der Waals surface area contributed by atoms with Crippen molar-refractivity contribution in [1.82, 2.24) is 0 Å². The highest BCUT2D eigenvalue weighted by molar-refractivity contribution is 5.86. The molecule has 0 heterocycles. The molecule has 2 unspecified atom stereocenters. The Bertz CT molecular complexity index is 417. The van der Waals surface area contributed by atoms with Crippen LogP contribution < -0.4 is 11.1 Å². The lowest BCUT2D eigenvalue weighted by Gasteiger charge is -2.18. The van der Waals surface area contributed by atoms with E-state index in [1.807, 2.05) is 0 Å². The Balaban J connectivity index is 2.84. The Morgan fingerprint density at radius 2 is 1.65 bits per heavy atom. The minimum atomic E-state index is -2.04. The van der Waals surface area contributed by atoms with Gasteiger partial charge in [-0.1, -0.05) is 0 Å². The van der Waals surface area contributed by atoms with Crippen molar-refractivity contribution in [2.24, 2.45) is 0 Å². The van der Waals surface area contributed by atoms with E-state index in [-0.39, 0.29) is 0 Å². The summed E-state index contributed by atoms with van der Waals surface area (Å²) in [6, 6.07) is 4.39. The van der Waals surface area contributed by atoms with Crippen LogP contribution in [-0.2, 0) is 9.59 Å².